The molecule has 0 spiro atoms. The number of aryl methyl sites for hydroxylation is 1. The van der Waals surface area contributed by atoms with E-state index in [1.807, 2.05) is 50.2 Å². The van der Waals surface area contributed by atoms with Crippen LogP contribution >= 0.6 is 0 Å². The van der Waals surface area contributed by atoms with E-state index in [2.05, 4.69) is 5.10 Å². The van der Waals surface area contributed by atoms with Crippen LogP contribution in [0.4, 0.5) is 0 Å². The van der Waals surface area contributed by atoms with Gasteiger partial charge in [0.2, 0.25) is 5.91 Å². The fraction of sp³-hybridized carbons (Fsp3) is 0.333. The van der Waals surface area contributed by atoms with Crippen molar-refractivity contribution in [2.24, 2.45) is 5.10 Å². The third kappa shape index (κ3) is 3.13. The Morgan fingerprint density at radius 2 is 2.04 bits per heavy atom. The maximum atomic E-state index is 11.9. The largest absolute Gasteiger partial charge is 0.494 e. The highest BCUT2D eigenvalue weighted by molar-refractivity contribution is 6.01. The SMILES string of the molecule is CCOc1ccc([C@@H]2CC(c3ccc(C)o3)=NN2C(C)=O)cc1. The first-order valence-electron chi connectivity index (χ1n) is 7.75. The van der Waals surface area contributed by atoms with Crippen LogP contribution in [0.3, 0.4) is 0 Å². The summed E-state index contributed by atoms with van der Waals surface area (Å²) in [5.74, 6) is 2.30. The molecular weight excluding hydrogens is 292 g/mol. The Balaban J connectivity index is 1.86. The minimum Gasteiger partial charge on any atom is -0.494 e. The van der Waals surface area contributed by atoms with Crippen molar-refractivity contribution in [2.75, 3.05) is 6.61 Å². The van der Waals surface area contributed by atoms with E-state index in [9.17, 15) is 4.79 Å². The Kier molecular flexibility index (Phi) is 4.19. The fourth-order valence-electron chi connectivity index (χ4n) is 2.75. The monoisotopic (exact) mass is 312 g/mol. The van der Waals surface area contributed by atoms with Gasteiger partial charge >= 0.3 is 0 Å². The van der Waals surface area contributed by atoms with Crippen molar-refractivity contribution in [1.29, 1.82) is 0 Å². The smallest absolute Gasteiger partial charge is 0.240 e. The molecule has 0 aliphatic carbocycles. The van der Waals surface area contributed by atoms with Gasteiger partial charge < -0.3 is 9.15 Å². The molecule has 0 saturated heterocycles. The van der Waals surface area contributed by atoms with Gasteiger partial charge in [0.05, 0.1) is 12.6 Å². The molecule has 0 bridgehead atoms. The number of carbonyl (C=O) groups is 1. The molecular formula is C18H20N2O3. The molecule has 0 radical (unpaired) electrons. The van der Waals surface area contributed by atoms with Crippen LogP contribution in [0.15, 0.2) is 45.9 Å². The van der Waals surface area contributed by atoms with Gasteiger partial charge in [-0.05, 0) is 43.7 Å². The summed E-state index contributed by atoms with van der Waals surface area (Å²) in [6.07, 6.45) is 0.639. The van der Waals surface area contributed by atoms with Crippen LogP contribution in [0, 0.1) is 6.92 Å². The standard InChI is InChI=1S/C18H20N2O3/c1-4-22-15-8-6-14(7-9-15)17-11-16(19-20(17)13(3)21)18-10-5-12(2)23-18/h5-10,17H,4,11H2,1-3H3/t17-/m0/s1. The molecule has 2 heterocycles. The maximum Gasteiger partial charge on any atom is 0.240 e. The number of benzene rings is 1. The van der Waals surface area contributed by atoms with Crippen LogP contribution < -0.4 is 4.74 Å². The molecule has 1 aromatic heterocycles. The number of rotatable bonds is 4. The average Bonchev–Trinajstić information content (AvgIpc) is 3.14. The lowest BCUT2D eigenvalue weighted by atomic mass is 10.0. The zero-order valence-corrected chi connectivity index (χ0v) is 13.6. The molecule has 0 saturated carbocycles. The molecule has 0 N–H and O–H groups in total. The molecule has 5 nitrogen and oxygen atoms in total. The predicted octanol–water partition coefficient (Wildman–Crippen LogP) is 3.68. The highest BCUT2D eigenvalue weighted by Crippen LogP contribution is 2.33. The number of nitrogens with zero attached hydrogens (tertiary/aromatic N) is 2. The minimum absolute atomic E-state index is 0.0813. The number of hydrogen-bond acceptors (Lipinski definition) is 4. The number of amides is 1. The van der Waals surface area contributed by atoms with Crippen molar-refractivity contribution in [3.05, 3.63) is 53.5 Å². The van der Waals surface area contributed by atoms with E-state index in [0.29, 0.717) is 13.0 Å². The lowest BCUT2D eigenvalue weighted by molar-refractivity contribution is -0.130. The first-order chi connectivity index (χ1) is 11.1. The van der Waals surface area contributed by atoms with Gasteiger partial charge in [0, 0.05) is 13.3 Å². The second-order valence-corrected chi connectivity index (χ2v) is 5.54. The van der Waals surface area contributed by atoms with Gasteiger partial charge in [-0.2, -0.15) is 5.10 Å². The highest BCUT2D eigenvalue weighted by Gasteiger charge is 2.32. The molecule has 0 unspecified atom stereocenters. The summed E-state index contributed by atoms with van der Waals surface area (Å²) in [6, 6.07) is 11.5. The van der Waals surface area contributed by atoms with Crippen molar-refractivity contribution in [1.82, 2.24) is 5.01 Å². The normalized spacial score (nSPS) is 17.3. The van der Waals surface area contributed by atoms with Gasteiger partial charge in [0.1, 0.15) is 23.0 Å². The van der Waals surface area contributed by atoms with E-state index in [1.54, 1.807) is 0 Å². The Morgan fingerprint density at radius 3 is 2.61 bits per heavy atom. The van der Waals surface area contributed by atoms with Gasteiger partial charge in [0.15, 0.2) is 0 Å². The van der Waals surface area contributed by atoms with E-state index in [1.165, 1.54) is 11.9 Å². The van der Waals surface area contributed by atoms with Crippen LogP contribution in [0.5, 0.6) is 5.75 Å². The lowest BCUT2D eigenvalue weighted by Gasteiger charge is -2.20. The van der Waals surface area contributed by atoms with E-state index in [-0.39, 0.29) is 11.9 Å². The number of ether oxygens (including phenoxy) is 1. The molecule has 5 heteroatoms. The van der Waals surface area contributed by atoms with Crippen molar-refractivity contribution in [2.45, 2.75) is 33.2 Å². The molecule has 2 aromatic rings. The Labute approximate surface area is 135 Å². The molecule has 1 atom stereocenters. The summed E-state index contributed by atoms with van der Waals surface area (Å²) in [5.41, 5.74) is 1.83. The summed E-state index contributed by atoms with van der Waals surface area (Å²) in [6.45, 7) is 6.01. The zero-order valence-electron chi connectivity index (χ0n) is 13.6. The number of hydrazone groups is 1. The van der Waals surface area contributed by atoms with Crippen LogP contribution in [-0.2, 0) is 4.79 Å². The summed E-state index contributed by atoms with van der Waals surface area (Å²) in [7, 11) is 0. The summed E-state index contributed by atoms with van der Waals surface area (Å²) in [4.78, 5) is 11.9. The fourth-order valence-corrected chi connectivity index (χ4v) is 2.75. The van der Waals surface area contributed by atoms with Gasteiger partial charge in [0.25, 0.3) is 0 Å². The molecule has 0 fully saturated rings. The van der Waals surface area contributed by atoms with Crippen LogP contribution in [0.2, 0.25) is 0 Å². The summed E-state index contributed by atoms with van der Waals surface area (Å²) in [5, 5.41) is 5.99. The third-order valence-corrected chi connectivity index (χ3v) is 3.83. The van der Waals surface area contributed by atoms with Crippen molar-refractivity contribution < 1.29 is 13.9 Å². The highest BCUT2D eigenvalue weighted by atomic mass is 16.5. The third-order valence-electron chi connectivity index (χ3n) is 3.83. The van der Waals surface area contributed by atoms with Crippen LogP contribution in [0.25, 0.3) is 0 Å². The molecule has 1 aliphatic heterocycles. The maximum absolute atomic E-state index is 11.9. The quantitative estimate of drug-likeness (QED) is 0.865. The van der Waals surface area contributed by atoms with Gasteiger partial charge in [-0.1, -0.05) is 12.1 Å². The summed E-state index contributed by atoms with van der Waals surface area (Å²) < 4.78 is 11.1. The Morgan fingerprint density at radius 1 is 1.30 bits per heavy atom. The predicted molar refractivity (Wildman–Crippen MR) is 87.5 cm³/mol. The topological polar surface area (TPSA) is 55.0 Å². The minimum atomic E-state index is -0.108. The molecule has 23 heavy (non-hydrogen) atoms. The van der Waals surface area contributed by atoms with Crippen molar-refractivity contribution in [3.63, 3.8) is 0 Å². The van der Waals surface area contributed by atoms with E-state index in [0.717, 1.165) is 28.5 Å². The first kappa shape index (κ1) is 15.3. The van der Waals surface area contributed by atoms with Crippen LogP contribution in [0.1, 0.15) is 43.4 Å². The number of hydrogen-bond donors (Lipinski definition) is 0. The zero-order chi connectivity index (χ0) is 16.4. The second-order valence-electron chi connectivity index (χ2n) is 5.54. The summed E-state index contributed by atoms with van der Waals surface area (Å²) >= 11 is 0. The van der Waals surface area contributed by atoms with Crippen LogP contribution in [-0.4, -0.2) is 23.2 Å². The molecule has 3 rings (SSSR count). The first-order valence-corrected chi connectivity index (χ1v) is 7.75. The Bertz CT molecular complexity index is 731. The number of furan rings is 1. The van der Waals surface area contributed by atoms with Gasteiger partial charge in [-0.25, -0.2) is 5.01 Å². The van der Waals surface area contributed by atoms with E-state index < -0.39 is 0 Å². The van der Waals surface area contributed by atoms with Gasteiger partial charge in [-0.3, -0.25) is 4.79 Å². The van der Waals surface area contributed by atoms with Crippen molar-refractivity contribution >= 4 is 11.6 Å². The average molecular weight is 312 g/mol. The number of carbonyl (C=O) groups excluding carboxylic acids is 1. The lowest BCUT2D eigenvalue weighted by Crippen LogP contribution is -2.24. The van der Waals surface area contributed by atoms with E-state index >= 15 is 0 Å². The van der Waals surface area contributed by atoms with E-state index in [4.69, 9.17) is 9.15 Å². The Hall–Kier alpha value is -2.56. The molecule has 1 amide bonds. The molecule has 1 aromatic carbocycles. The molecule has 1 aliphatic rings. The van der Waals surface area contributed by atoms with Crippen molar-refractivity contribution in [3.8, 4) is 5.75 Å². The molecule has 120 valence electrons. The second kappa shape index (κ2) is 6.28. The van der Waals surface area contributed by atoms with Gasteiger partial charge in [-0.15, -0.1) is 0 Å².